The number of hydrogen-bond donors (Lipinski definition) is 0. The largest absolute Gasteiger partial charge is 0.299 e. The van der Waals surface area contributed by atoms with Gasteiger partial charge in [-0.2, -0.15) is 0 Å². The minimum Gasteiger partial charge on any atom is -0.299 e. The second kappa shape index (κ2) is 4.36. The summed E-state index contributed by atoms with van der Waals surface area (Å²) in [6.07, 6.45) is 2.67. The van der Waals surface area contributed by atoms with E-state index in [2.05, 4.69) is 50.1 Å². The summed E-state index contributed by atoms with van der Waals surface area (Å²) >= 11 is 0. The first-order valence-corrected chi connectivity index (χ1v) is 5.93. The molecule has 15 heavy (non-hydrogen) atoms. The number of aryl methyl sites for hydroxylation is 1. The van der Waals surface area contributed by atoms with E-state index in [1.165, 1.54) is 30.5 Å². The molecule has 0 aliphatic carbocycles. The number of likely N-dealkylation sites (tertiary alicyclic amines) is 1. The zero-order valence-corrected chi connectivity index (χ0v) is 10.0. The first-order chi connectivity index (χ1) is 7.16. The van der Waals surface area contributed by atoms with Crippen LogP contribution in [-0.4, -0.2) is 18.5 Å². The molecular formula is C14H21N. The fourth-order valence-corrected chi connectivity index (χ4v) is 2.58. The number of hydrogen-bond acceptors (Lipinski definition) is 1. The molecule has 82 valence electrons. The second-order valence-corrected chi connectivity index (χ2v) is 5.05. The number of rotatable bonds is 1. The van der Waals surface area contributed by atoms with Gasteiger partial charge in [-0.1, -0.05) is 36.8 Å². The highest BCUT2D eigenvalue weighted by molar-refractivity contribution is 5.24. The lowest BCUT2D eigenvalue weighted by molar-refractivity contribution is 0.146. The van der Waals surface area contributed by atoms with Crippen LogP contribution in [0, 0.1) is 12.8 Å². The van der Waals surface area contributed by atoms with Gasteiger partial charge < -0.3 is 0 Å². The number of piperidine rings is 1. The van der Waals surface area contributed by atoms with Crippen LogP contribution in [0.25, 0.3) is 0 Å². The molecule has 1 heteroatoms. The minimum absolute atomic E-state index is 0.641. The Kier molecular flexibility index (Phi) is 3.11. The van der Waals surface area contributed by atoms with E-state index in [-0.39, 0.29) is 0 Å². The Hall–Kier alpha value is -0.820. The van der Waals surface area contributed by atoms with Crippen molar-refractivity contribution in [1.82, 2.24) is 4.90 Å². The van der Waals surface area contributed by atoms with E-state index in [4.69, 9.17) is 0 Å². The molecule has 2 atom stereocenters. The Morgan fingerprint density at radius 3 is 2.40 bits per heavy atom. The Balaban J connectivity index is 2.13. The van der Waals surface area contributed by atoms with Gasteiger partial charge in [0.2, 0.25) is 0 Å². The lowest BCUT2D eigenvalue weighted by atomic mass is 9.90. The molecule has 1 aromatic rings. The first-order valence-electron chi connectivity index (χ1n) is 5.93. The maximum absolute atomic E-state index is 2.50. The van der Waals surface area contributed by atoms with E-state index in [1.54, 1.807) is 0 Å². The molecule has 0 radical (unpaired) electrons. The second-order valence-electron chi connectivity index (χ2n) is 5.05. The monoisotopic (exact) mass is 203 g/mol. The Morgan fingerprint density at radius 1 is 1.13 bits per heavy atom. The molecule has 1 aliphatic heterocycles. The summed E-state index contributed by atoms with van der Waals surface area (Å²) in [7, 11) is 2.25. The summed E-state index contributed by atoms with van der Waals surface area (Å²) in [6.45, 7) is 5.73. The molecule has 1 aliphatic rings. The first kappa shape index (κ1) is 10.7. The molecule has 0 amide bonds. The molecule has 1 fully saturated rings. The van der Waals surface area contributed by atoms with Crippen LogP contribution in [0.5, 0.6) is 0 Å². The highest BCUT2D eigenvalue weighted by atomic mass is 15.1. The quantitative estimate of drug-likeness (QED) is 0.676. The van der Waals surface area contributed by atoms with Crippen molar-refractivity contribution in [3.8, 4) is 0 Å². The molecule has 1 heterocycles. The molecule has 2 rings (SSSR count). The van der Waals surface area contributed by atoms with Crippen LogP contribution in [-0.2, 0) is 0 Å². The van der Waals surface area contributed by atoms with Gasteiger partial charge in [-0.3, -0.25) is 4.90 Å². The normalized spacial score (nSPS) is 27.9. The van der Waals surface area contributed by atoms with E-state index in [0.29, 0.717) is 6.04 Å². The van der Waals surface area contributed by atoms with Gasteiger partial charge in [0.25, 0.3) is 0 Å². The van der Waals surface area contributed by atoms with Crippen LogP contribution < -0.4 is 0 Å². The molecular weight excluding hydrogens is 182 g/mol. The SMILES string of the molecule is Cc1ccc(C2CC[C@@H](C)CN2C)cc1. The Morgan fingerprint density at radius 2 is 1.80 bits per heavy atom. The maximum atomic E-state index is 2.50. The summed E-state index contributed by atoms with van der Waals surface area (Å²) < 4.78 is 0. The van der Waals surface area contributed by atoms with Crippen molar-refractivity contribution < 1.29 is 0 Å². The molecule has 1 unspecified atom stereocenters. The standard InChI is InChI=1S/C14H21N/c1-11-4-7-13(8-5-11)14-9-6-12(2)10-15(14)3/h4-5,7-8,12,14H,6,9-10H2,1-3H3/t12-,14?/m1/s1. The topological polar surface area (TPSA) is 3.24 Å². The lowest BCUT2D eigenvalue weighted by Gasteiger charge is -2.36. The molecule has 1 aromatic carbocycles. The fraction of sp³-hybridized carbons (Fsp3) is 0.571. The van der Waals surface area contributed by atoms with Crippen molar-refractivity contribution in [3.05, 3.63) is 35.4 Å². The third-order valence-corrected chi connectivity index (χ3v) is 3.53. The maximum Gasteiger partial charge on any atom is 0.0345 e. The predicted octanol–water partition coefficient (Wildman–Crippen LogP) is 3.40. The van der Waals surface area contributed by atoms with Crippen LogP contribution in [0.2, 0.25) is 0 Å². The summed E-state index contributed by atoms with van der Waals surface area (Å²) in [6, 6.07) is 9.66. The van der Waals surface area contributed by atoms with Crippen LogP contribution in [0.3, 0.4) is 0 Å². The minimum atomic E-state index is 0.641. The third-order valence-electron chi connectivity index (χ3n) is 3.53. The van der Waals surface area contributed by atoms with E-state index >= 15 is 0 Å². The number of benzene rings is 1. The van der Waals surface area contributed by atoms with Crippen LogP contribution >= 0.6 is 0 Å². The molecule has 0 aromatic heterocycles. The molecule has 0 saturated carbocycles. The molecule has 1 saturated heterocycles. The smallest absolute Gasteiger partial charge is 0.0345 e. The summed E-state index contributed by atoms with van der Waals surface area (Å²) in [5.74, 6) is 0.858. The van der Waals surface area contributed by atoms with Crippen molar-refractivity contribution in [3.63, 3.8) is 0 Å². The van der Waals surface area contributed by atoms with Crippen molar-refractivity contribution in [2.45, 2.75) is 32.7 Å². The van der Waals surface area contributed by atoms with Gasteiger partial charge >= 0.3 is 0 Å². The van der Waals surface area contributed by atoms with Gasteiger partial charge in [-0.05, 0) is 38.3 Å². The lowest BCUT2D eigenvalue weighted by Crippen LogP contribution is -2.33. The Labute approximate surface area is 93.1 Å². The van der Waals surface area contributed by atoms with Crippen molar-refractivity contribution in [1.29, 1.82) is 0 Å². The van der Waals surface area contributed by atoms with E-state index in [9.17, 15) is 0 Å². The molecule has 0 N–H and O–H groups in total. The molecule has 1 nitrogen and oxygen atoms in total. The van der Waals surface area contributed by atoms with Gasteiger partial charge in [-0.25, -0.2) is 0 Å². The van der Waals surface area contributed by atoms with Crippen molar-refractivity contribution in [2.75, 3.05) is 13.6 Å². The van der Waals surface area contributed by atoms with E-state index in [0.717, 1.165) is 5.92 Å². The van der Waals surface area contributed by atoms with Gasteiger partial charge in [-0.15, -0.1) is 0 Å². The highest BCUT2D eigenvalue weighted by Gasteiger charge is 2.23. The summed E-state index contributed by atoms with van der Waals surface area (Å²) in [5, 5.41) is 0. The van der Waals surface area contributed by atoms with Crippen LogP contribution in [0.4, 0.5) is 0 Å². The van der Waals surface area contributed by atoms with Gasteiger partial charge in [0.1, 0.15) is 0 Å². The van der Waals surface area contributed by atoms with Crippen LogP contribution in [0.1, 0.15) is 36.9 Å². The summed E-state index contributed by atoms with van der Waals surface area (Å²) in [4.78, 5) is 2.50. The zero-order chi connectivity index (χ0) is 10.8. The average Bonchev–Trinajstić information content (AvgIpc) is 2.20. The highest BCUT2D eigenvalue weighted by Crippen LogP contribution is 2.31. The van der Waals surface area contributed by atoms with Gasteiger partial charge in [0.05, 0.1) is 0 Å². The predicted molar refractivity (Wildman–Crippen MR) is 64.9 cm³/mol. The molecule has 0 bridgehead atoms. The third kappa shape index (κ3) is 2.40. The average molecular weight is 203 g/mol. The number of nitrogens with zero attached hydrogens (tertiary/aromatic N) is 1. The van der Waals surface area contributed by atoms with Gasteiger partial charge in [0.15, 0.2) is 0 Å². The van der Waals surface area contributed by atoms with E-state index in [1.807, 2.05) is 0 Å². The molecule has 0 spiro atoms. The van der Waals surface area contributed by atoms with Gasteiger partial charge in [0, 0.05) is 12.6 Å². The Bertz CT molecular complexity index is 315. The fourth-order valence-electron chi connectivity index (χ4n) is 2.58. The van der Waals surface area contributed by atoms with Crippen molar-refractivity contribution >= 4 is 0 Å². The summed E-state index contributed by atoms with van der Waals surface area (Å²) in [5.41, 5.74) is 2.83. The zero-order valence-electron chi connectivity index (χ0n) is 10.0. The van der Waals surface area contributed by atoms with Crippen molar-refractivity contribution in [2.24, 2.45) is 5.92 Å². The van der Waals surface area contributed by atoms with E-state index < -0.39 is 0 Å². The van der Waals surface area contributed by atoms with Crippen LogP contribution in [0.15, 0.2) is 24.3 Å².